The molecule has 2 N–H and O–H groups in total. The fourth-order valence-electron chi connectivity index (χ4n) is 2.02. The summed E-state index contributed by atoms with van der Waals surface area (Å²) in [5, 5.41) is 20.6. The molecule has 0 aliphatic heterocycles. The van der Waals surface area contributed by atoms with Gasteiger partial charge < -0.3 is 10.4 Å². The predicted molar refractivity (Wildman–Crippen MR) is 83.0 cm³/mol. The summed E-state index contributed by atoms with van der Waals surface area (Å²) >= 11 is 1.50. The van der Waals surface area contributed by atoms with Crippen molar-refractivity contribution in [1.82, 2.24) is 20.1 Å². The fourth-order valence-corrected chi connectivity index (χ4v) is 2.72. The summed E-state index contributed by atoms with van der Waals surface area (Å²) in [6.45, 7) is 0.142. The van der Waals surface area contributed by atoms with Crippen molar-refractivity contribution in [1.29, 1.82) is 0 Å². The Morgan fingerprint density at radius 2 is 2.27 bits per heavy atom. The Morgan fingerprint density at radius 3 is 3.00 bits per heavy atom. The number of thiophene rings is 1. The Morgan fingerprint density at radius 1 is 1.36 bits per heavy atom. The minimum absolute atomic E-state index is 0.142. The van der Waals surface area contributed by atoms with Crippen molar-refractivity contribution in [2.45, 2.75) is 6.10 Å². The molecule has 3 heterocycles. The summed E-state index contributed by atoms with van der Waals surface area (Å²) in [6, 6.07) is 6.96. The number of hydrogen-bond donors (Lipinski definition) is 2. The first-order valence-electron chi connectivity index (χ1n) is 6.69. The Labute approximate surface area is 131 Å². The van der Waals surface area contributed by atoms with Crippen LogP contribution >= 0.6 is 11.3 Å². The third kappa shape index (κ3) is 3.05. The summed E-state index contributed by atoms with van der Waals surface area (Å²) in [5.41, 5.74) is 1.20. The molecule has 0 aliphatic carbocycles. The molecule has 1 amide bonds. The number of nitrogens with zero attached hydrogens (tertiary/aromatic N) is 3. The minimum atomic E-state index is -0.722. The average molecular weight is 314 g/mol. The largest absolute Gasteiger partial charge is 0.387 e. The highest BCUT2D eigenvalue weighted by molar-refractivity contribution is 7.07. The van der Waals surface area contributed by atoms with E-state index in [1.165, 1.54) is 16.0 Å². The van der Waals surface area contributed by atoms with Crippen molar-refractivity contribution < 1.29 is 9.90 Å². The number of nitrogens with one attached hydrogen (secondary N) is 1. The maximum atomic E-state index is 12.3. The molecular formula is C15H14N4O2S. The van der Waals surface area contributed by atoms with Crippen LogP contribution in [-0.2, 0) is 0 Å². The van der Waals surface area contributed by atoms with Crippen LogP contribution in [-0.4, -0.2) is 32.3 Å². The number of hydrogen-bond acceptors (Lipinski definition) is 5. The lowest BCUT2D eigenvalue weighted by Crippen LogP contribution is -2.29. The van der Waals surface area contributed by atoms with Crippen LogP contribution in [0.15, 0.2) is 53.6 Å². The van der Waals surface area contributed by atoms with Crippen molar-refractivity contribution in [3.05, 3.63) is 64.7 Å². The van der Waals surface area contributed by atoms with E-state index in [2.05, 4.69) is 15.4 Å². The van der Waals surface area contributed by atoms with Gasteiger partial charge in [0.05, 0.1) is 11.7 Å². The van der Waals surface area contributed by atoms with Crippen molar-refractivity contribution in [3.63, 3.8) is 0 Å². The number of aliphatic hydroxyl groups is 1. The summed E-state index contributed by atoms with van der Waals surface area (Å²) in [6.07, 6.45) is 4.23. The number of carbonyl (C=O) groups is 1. The van der Waals surface area contributed by atoms with Gasteiger partial charge in [-0.2, -0.15) is 16.4 Å². The van der Waals surface area contributed by atoms with Gasteiger partial charge in [-0.1, -0.05) is 0 Å². The molecular weight excluding hydrogens is 300 g/mol. The van der Waals surface area contributed by atoms with E-state index in [9.17, 15) is 9.90 Å². The Hall–Kier alpha value is -2.51. The van der Waals surface area contributed by atoms with Crippen LogP contribution in [0.1, 0.15) is 22.0 Å². The molecule has 0 bridgehead atoms. The maximum Gasteiger partial charge on any atom is 0.255 e. The van der Waals surface area contributed by atoms with Gasteiger partial charge in [-0.25, -0.2) is 9.67 Å². The van der Waals surface area contributed by atoms with Crippen molar-refractivity contribution in [2.75, 3.05) is 6.54 Å². The van der Waals surface area contributed by atoms with E-state index in [1.807, 2.05) is 16.8 Å². The van der Waals surface area contributed by atoms with E-state index in [1.54, 1.807) is 36.8 Å². The average Bonchev–Trinajstić information content (AvgIpc) is 3.24. The van der Waals surface area contributed by atoms with E-state index < -0.39 is 6.10 Å². The third-order valence-corrected chi connectivity index (χ3v) is 3.84. The first-order chi connectivity index (χ1) is 10.8. The molecule has 0 unspecified atom stereocenters. The molecule has 0 saturated carbocycles. The summed E-state index contributed by atoms with van der Waals surface area (Å²) in [7, 11) is 0. The predicted octanol–water partition coefficient (Wildman–Crippen LogP) is 1.79. The fraction of sp³-hybridized carbons (Fsp3) is 0.133. The molecule has 112 valence electrons. The molecule has 7 heteroatoms. The zero-order valence-electron chi connectivity index (χ0n) is 11.6. The van der Waals surface area contributed by atoms with Crippen molar-refractivity contribution >= 4 is 17.2 Å². The summed E-state index contributed by atoms with van der Waals surface area (Å²) < 4.78 is 1.53. The van der Waals surface area contributed by atoms with Crippen LogP contribution in [0, 0.1) is 0 Å². The molecule has 0 spiro atoms. The van der Waals surface area contributed by atoms with E-state index in [0.717, 1.165) is 5.56 Å². The zero-order chi connectivity index (χ0) is 15.4. The second-order valence-electron chi connectivity index (χ2n) is 4.61. The van der Waals surface area contributed by atoms with Crippen LogP contribution in [0.5, 0.6) is 0 Å². The Kier molecular flexibility index (Phi) is 4.27. The van der Waals surface area contributed by atoms with Gasteiger partial charge in [-0.05, 0) is 40.6 Å². The highest BCUT2D eigenvalue weighted by Gasteiger charge is 2.15. The highest BCUT2D eigenvalue weighted by Crippen LogP contribution is 2.16. The molecule has 0 saturated heterocycles. The molecule has 6 nitrogen and oxygen atoms in total. The summed E-state index contributed by atoms with van der Waals surface area (Å²) in [5.74, 6) is 0.155. The Bertz CT molecular complexity index is 741. The zero-order valence-corrected chi connectivity index (χ0v) is 12.4. The van der Waals surface area contributed by atoms with Crippen LogP contribution in [0.2, 0.25) is 0 Å². The standard InChI is InChI=1S/C15H14N4O2S/c20-13(11-4-8-22-10-11)9-17-15(21)12-3-1-5-16-14(12)19-7-2-6-18-19/h1-8,10,13,20H,9H2,(H,17,21)/t13-/m1/s1. The van der Waals surface area contributed by atoms with Crippen molar-refractivity contribution in [2.24, 2.45) is 0 Å². The van der Waals surface area contributed by atoms with E-state index in [4.69, 9.17) is 0 Å². The van der Waals surface area contributed by atoms with Gasteiger partial charge in [-0.3, -0.25) is 4.79 Å². The van der Waals surface area contributed by atoms with Crippen LogP contribution in [0.25, 0.3) is 5.82 Å². The molecule has 0 radical (unpaired) electrons. The van der Waals surface area contributed by atoms with E-state index in [-0.39, 0.29) is 12.5 Å². The van der Waals surface area contributed by atoms with Crippen LogP contribution in [0.3, 0.4) is 0 Å². The first-order valence-corrected chi connectivity index (χ1v) is 7.63. The van der Waals surface area contributed by atoms with Crippen molar-refractivity contribution in [3.8, 4) is 5.82 Å². The third-order valence-electron chi connectivity index (χ3n) is 3.14. The topological polar surface area (TPSA) is 80.0 Å². The molecule has 3 rings (SSSR count). The second kappa shape index (κ2) is 6.50. The van der Waals surface area contributed by atoms with Gasteiger partial charge in [0.1, 0.15) is 0 Å². The normalized spacial score (nSPS) is 12.0. The number of aromatic nitrogens is 3. The molecule has 0 fully saturated rings. The van der Waals surface area contributed by atoms with Gasteiger partial charge in [0.25, 0.3) is 5.91 Å². The lowest BCUT2D eigenvalue weighted by Gasteiger charge is -2.12. The smallest absolute Gasteiger partial charge is 0.255 e. The minimum Gasteiger partial charge on any atom is -0.387 e. The van der Waals surface area contributed by atoms with Crippen LogP contribution in [0.4, 0.5) is 0 Å². The Balaban J connectivity index is 1.73. The lowest BCUT2D eigenvalue weighted by atomic mass is 10.2. The maximum absolute atomic E-state index is 12.3. The number of rotatable bonds is 5. The molecule has 0 aromatic carbocycles. The monoisotopic (exact) mass is 314 g/mol. The van der Waals surface area contributed by atoms with E-state index in [0.29, 0.717) is 11.4 Å². The molecule has 22 heavy (non-hydrogen) atoms. The number of pyridine rings is 1. The van der Waals surface area contributed by atoms with Gasteiger partial charge in [-0.15, -0.1) is 0 Å². The summed E-state index contributed by atoms with van der Waals surface area (Å²) in [4.78, 5) is 16.5. The first kappa shape index (κ1) is 14.4. The van der Waals surface area contributed by atoms with Gasteiger partial charge in [0.2, 0.25) is 0 Å². The highest BCUT2D eigenvalue weighted by atomic mass is 32.1. The lowest BCUT2D eigenvalue weighted by molar-refractivity contribution is 0.0916. The van der Waals surface area contributed by atoms with Gasteiger partial charge >= 0.3 is 0 Å². The van der Waals surface area contributed by atoms with E-state index >= 15 is 0 Å². The molecule has 0 aliphatic rings. The number of aliphatic hydroxyl groups excluding tert-OH is 1. The van der Waals surface area contributed by atoms with Gasteiger partial charge in [0, 0.05) is 25.1 Å². The van der Waals surface area contributed by atoms with Gasteiger partial charge in [0.15, 0.2) is 5.82 Å². The number of carbonyl (C=O) groups excluding carboxylic acids is 1. The SMILES string of the molecule is O=C(NC[C@@H](O)c1ccsc1)c1cccnc1-n1cccn1. The second-order valence-corrected chi connectivity index (χ2v) is 5.39. The number of amides is 1. The van der Waals surface area contributed by atoms with Crippen LogP contribution < -0.4 is 5.32 Å². The molecule has 1 atom stereocenters. The molecule has 3 aromatic rings. The molecule has 3 aromatic heterocycles. The quantitative estimate of drug-likeness (QED) is 0.752.